The maximum Gasteiger partial charge on any atom is 0.335 e. The van der Waals surface area contributed by atoms with Gasteiger partial charge < -0.3 is 10.0 Å². The van der Waals surface area contributed by atoms with Gasteiger partial charge in [-0.2, -0.15) is 4.31 Å². The molecule has 22 heavy (non-hydrogen) atoms. The molecule has 0 bridgehead atoms. The molecule has 1 aliphatic rings. The number of hydrogen-bond acceptors (Lipinski definition) is 4. The van der Waals surface area contributed by atoms with Crippen molar-refractivity contribution in [3.63, 3.8) is 0 Å². The average Bonchev–Trinajstić information content (AvgIpc) is 2.45. The number of carboxylic acid groups (broad SMARTS) is 1. The Morgan fingerprint density at radius 3 is 2.14 bits per heavy atom. The minimum Gasteiger partial charge on any atom is -0.478 e. The molecular weight excluding hydrogens is 376 g/mol. The molecular formula is C13H15BrN2O5S. The smallest absolute Gasteiger partial charge is 0.335 e. The standard InChI is InChI=1S/C13H15BrN2O5S/c1-22(20,21)16-4-2-15(3-5-16)12(17)9-6-10(13(18)19)8-11(14)7-9/h6-8H,2-5H2,1H3,(H,18,19). The van der Waals surface area contributed by atoms with Crippen molar-refractivity contribution in [2.24, 2.45) is 0 Å². The van der Waals surface area contributed by atoms with E-state index in [1.54, 1.807) is 6.07 Å². The number of rotatable bonds is 3. The van der Waals surface area contributed by atoms with Gasteiger partial charge >= 0.3 is 5.97 Å². The molecule has 1 N–H and O–H groups in total. The molecule has 1 aromatic carbocycles. The summed E-state index contributed by atoms with van der Waals surface area (Å²) in [5, 5.41) is 9.03. The molecule has 0 saturated carbocycles. The van der Waals surface area contributed by atoms with Gasteiger partial charge in [-0.3, -0.25) is 4.79 Å². The van der Waals surface area contributed by atoms with E-state index in [1.165, 1.54) is 21.3 Å². The van der Waals surface area contributed by atoms with Crippen LogP contribution in [0.1, 0.15) is 20.7 Å². The van der Waals surface area contributed by atoms with E-state index in [4.69, 9.17) is 5.11 Å². The van der Waals surface area contributed by atoms with Crippen molar-refractivity contribution in [1.82, 2.24) is 9.21 Å². The highest BCUT2D eigenvalue weighted by Gasteiger charge is 2.27. The largest absolute Gasteiger partial charge is 0.478 e. The zero-order valence-corrected chi connectivity index (χ0v) is 14.2. The third kappa shape index (κ3) is 3.84. The van der Waals surface area contributed by atoms with Crippen LogP contribution in [0.25, 0.3) is 0 Å². The topological polar surface area (TPSA) is 95.0 Å². The predicted molar refractivity (Wildman–Crippen MR) is 83.4 cm³/mol. The summed E-state index contributed by atoms with van der Waals surface area (Å²) in [6.45, 7) is 1.04. The van der Waals surface area contributed by atoms with E-state index in [1.807, 2.05) is 0 Å². The lowest BCUT2D eigenvalue weighted by atomic mass is 10.1. The number of amides is 1. The van der Waals surface area contributed by atoms with E-state index >= 15 is 0 Å². The summed E-state index contributed by atoms with van der Waals surface area (Å²) in [6, 6.07) is 4.29. The van der Waals surface area contributed by atoms with Crippen molar-refractivity contribution in [3.05, 3.63) is 33.8 Å². The SMILES string of the molecule is CS(=O)(=O)N1CCN(C(=O)c2cc(Br)cc(C(=O)O)c2)CC1. The Hall–Kier alpha value is -1.45. The number of aromatic carboxylic acids is 1. The maximum absolute atomic E-state index is 12.4. The normalized spacial score (nSPS) is 16.5. The first-order valence-corrected chi connectivity index (χ1v) is 9.11. The van der Waals surface area contributed by atoms with Crippen molar-refractivity contribution >= 4 is 37.8 Å². The third-order valence-electron chi connectivity index (χ3n) is 3.39. The summed E-state index contributed by atoms with van der Waals surface area (Å²) in [5.41, 5.74) is 0.284. The quantitative estimate of drug-likeness (QED) is 0.825. The second-order valence-electron chi connectivity index (χ2n) is 4.99. The summed E-state index contributed by atoms with van der Waals surface area (Å²) < 4.78 is 24.7. The van der Waals surface area contributed by atoms with Crippen LogP contribution < -0.4 is 0 Å². The fourth-order valence-electron chi connectivity index (χ4n) is 2.24. The molecule has 0 aromatic heterocycles. The number of carbonyl (C=O) groups excluding carboxylic acids is 1. The number of halogens is 1. The van der Waals surface area contributed by atoms with E-state index in [0.29, 0.717) is 4.47 Å². The first-order valence-electron chi connectivity index (χ1n) is 6.47. The zero-order valence-electron chi connectivity index (χ0n) is 11.8. The van der Waals surface area contributed by atoms with Crippen LogP contribution in [-0.4, -0.2) is 67.0 Å². The van der Waals surface area contributed by atoms with Crippen LogP contribution in [-0.2, 0) is 10.0 Å². The average molecular weight is 391 g/mol. The summed E-state index contributed by atoms with van der Waals surface area (Å²) >= 11 is 3.19. The van der Waals surface area contributed by atoms with Crippen LogP contribution in [0.15, 0.2) is 22.7 Å². The number of carbonyl (C=O) groups is 2. The van der Waals surface area contributed by atoms with Crippen molar-refractivity contribution in [2.75, 3.05) is 32.4 Å². The first kappa shape index (κ1) is 16.9. The van der Waals surface area contributed by atoms with Crippen LogP contribution in [0.3, 0.4) is 0 Å². The van der Waals surface area contributed by atoms with Gasteiger partial charge in [0.05, 0.1) is 11.8 Å². The fourth-order valence-corrected chi connectivity index (χ4v) is 3.56. The summed E-state index contributed by atoms with van der Waals surface area (Å²) in [4.78, 5) is 25.0. The van der Waals surface area contributed by atoms with Gasteiger partial charge in [0, 0.05) is 36.2 Å². The molecule has 120 valence electrons. The van der Waals surface area contributed by atoms with Gasteiger partial charge in [-0.1, -0.05) is 15.9 Å². The van der Waals surface area contributed by atoms with Crippen molar-refractivity contribution in [1.29, 1.82) is 0 Å². The lowest BCUT2D eigenvalue weighted by Crippen LogP contribution is -2.50. The summed E-state index contributed by atoms with van der Waals surface area (Å²) in [7, 11) is -3.25. The van der Waals surface area contributed by atoms with Gasteiger partial charge in [0.1, 0.15) is 0 Å². The van der Waals surface area contributed by atoms with Crippen LogP contribution in [0.4, 0.5) is 0 Å². The van der Waals surface area contributed by atoms with Crippen molar-refractivity contribution in [3.8, 4) is 0 Å². The first-order chi connectivity index (χ1) is 10.2. The number of hydrogen-bond donors (Lipinski definition) is 1. The van der Waals surface area contributed by atoms with Crippen molar-refractivity contribution in [2.45, 2.75) is 0 Å². The Kier molecular flexibility index (Phi) is 4.88. The number of carboxylic acids is 1. The molecule has 1 heterocycles. The Morgan fingerprint density at radius 2 is 1.64 bits per heavy atom. The molecule has 1 aliphatic heterocycles. The van der Waals surface area contributed by atoms with Gasteiger partial charge in [-0.25, -0.2) is 13.2 Å². The molecule has 0 atom stereocenters. The fraction of sp³-hybridized carbons (Fsp3) is 0.385. The Labute approximate surface area is 136 Å². The van der Waals surface area contributed by atoms with Crippen molar-refractivity contribution < 1.29 is 23.1 Å². The molecule has 9 heteroatoms. The Bertz CT molecular complexity index is 711. The highest BCUT2D eigenvalue weighted by molar-refractivity contribution is 9.10. The summed E-state index contributed by atoms with van der Waals surface area (Å²) in [6.07, 6.45) is 1.14. The minimum absolute atomic E-state index is 0.0208. The van der Waals surface area contributed by atoms with E-state index in [9.17, 15) is 18.0 Å². The monoisotopic (exact) mass is 390 g/mol. The van der Waals surface area contributed by atoms with E-state index < -0.39 is 16.0 Å². The molecule has 0 aliphatic carbocycles. The third-order valence-corrected chi connectivity index (χ3v) is 5.15. The lowest BCUT2D eigenvalue weighted by molar-refractivity contribution is 0.0696. The van der Waals surface area contributed by atoms with Crippen LogP contribution in [0.5, 0.6) is 0 Å². The van der Waals surface area contributed by atoms with Gasteiger partial charge in [0.25, 0.3) is 5.91 Å². The molecule has 0 radical (unpaired) electrons. The molecule has 1 fully saturated rings. The second kappa shape index (κ2) is 6.35. The van der Waals surface area contributed by atoms with E-state index in [2.05, 4.69) is 15.9 Å². The molecule has 2 rings (SSSR count). The van der Waals surface area contributed by atoms with Gasteiger partial charge in [-0.15, -0.1) is 0 Å². The van der Waals surface area contributed by atoms with Gasteiger partial charge in [-0.05, 0) is 18.2 Å². The van der Waals surface area contributed by atoms with E-state index in [0.717, 1.165) is 6.26 Å². The van der Waals surface area contributed by atoms with Crippen LogP contribution >= 0.6 is 15.9 Å². The second-order valence-corrected chi connectivity index (χ2v) is 7.89. The molecule has 1 aromatic rings. The number of sulfonamides is 1. The van der Waals surface area contributed by atoms with Gasteiger partial charge in [0.2, 0.25) is 10.0 Å². The Balaban J connectivity index is 2.15. The van der Waals surface area contributed by atoms with Crippen LogP contribution in [0, 0.1) is 0 Å². The lowest BCUT2D eigenvalue weighted by Gasteiger charge is -2.33. The molecule has 0 unspecified atom stereocenters. The van der Waals surface area contributed by atoms with Crippen LogP contribution in [0.2, 0.25) is 0 Å². The highest BCUT2D eigenvalue weighted by atomic mass is 79.9. The number of nitrogens with zero attached hydrogens (tertiary/aromatic N) is 2. The zero-order chi connectivity index (χ0) is 16.5. The number of piperazine rings is 1. The Morgan fingerprint density at radius 1 is 1.09 bits per heavy atom. The number of benzene rings is 1. The molecule has 1 amide bonds. The molecule has 0 spiro atoms. The predicted octanol–water partition coefficient (Wildman–Crippen LogP) is 0.865. The molecule has 1 saturated heterocycles. The maximum atomic E-state index is 12.4. The highest BCUT2D eigenvalue weighted by Crippen LogP contribution is 2.18. The molecule has 7 nitrogen and oxygen atoms in total. The minimum atomic E-state index is -3.25. The van der Waals surface area contributed by atoms with E-state index in [-0.39, 0.29) is 43.2 Å². The van der Waals surface area contributed by atoms with Gasteiger partial charge in [0.15, 0.2) is 0 Å². The summed E-state index contributed by atoms with van der Waals surface area (Å²) in [5.74, 6) is -1.42.